The standard InChI is InChI=1S/C22H25N2O3P.3C2H6/c1-16-5-7-17(8-6-16)13-21(25)27-28(4)15-22(2,3)24-12-11-18-14-19(23-26)9-10-20(18)24;3*1-2/h5-12,14H,13,15H2,1-4H3;3*1-2H3. The molecule has 3 rings (SSSR count). The van der Waals surface area contributed by atoms with Crippen molar-refractivity contribution < 1.29 is 9.32 Å². The fraction of sp³-hybridized carbons (Fsp3) is 0.464. The minimum atomic E-state index is -0.919. The summed E-state index contributed by atoms with van der Waals surface area (Å²) in [6, 6.07) is 15.3. The van der Waals surface area contributed by atoms with E-state index in [1.54, 1.807) is 12.1 Å². The van der Waals surface area contributed by atoms with E-state index in [2.05, 4.69) is 23.6 Å². The van der Waals surface area contributed by atoms with Crippen LogP contribution in [0.25, 0.3) is 10.9 Å². The molecule has 6 heteroatoms. The molecule has 0 aliphatic carbocycles. The molecule has 1 aromatic heterocycles. The van der Waals surface area contributed by atoms with E-state index in [1.165, 1.54) is 5.56 Å². The van der Waals surface area contributed by atoms with E-state index >= 15 is 0 Å². The molecule has 5 nitrogen and oxygen atoms in total. The fourth-order valence-electron chi connectivity index (χ4n) is 3.45. The van der Waals surface area contributed by atoms with Gasteiger partial charge in [-0.2, -0.15) is 0 Å². The van der Waals surface area contributed by atoms with Crippen molar-refractivity contribution in [3.05, 3.63) is 70.8 Å². The zero-order valence-corrected chi connectivity index (χ0v) is 23.6. The lowest BCUT2D eigenvalue weighted by Gasteiger charge is -2.30. The molecule has 34 heavy (non-hydrogen) atoms. The fourth-order valence-corrected chi connectivity index (χ4v) is 5.17. The van der Waals surface area contributed by atoms with Crippen LogP contribution in [0.5, 0.6) is 0 Å². The van der Waals surface area contributed by atoms with Crippen LogP contribution in [0.15, 0.2) is 59.9 Å². The second-order valence-corrected chi connectivity index (χ2v) is 9.50. The Bertz CT molecular complexity index is 995. The molecule has 188 valence electrons. The summed E-state index contributed by atoms with van der Waals surface area (Å²) >= 11 is 0. The van der Waals surface area contributed by atoms with Crippen LogP contribution in [0.1, 0.15) is 66.5 Å². The van der Waals surface area contributed by atoms with Crippen LogP contribution in [0.3, 0.4) is 0 Å². The highest BCUT2D eigenvalue weighted by Gasteiger charge is 2.26. The number of rotatable bonds is 7. The maximum absolute atomic E-state index is 12.3. The second-order valence-electron chi connectivity index (χ2n) is 7.74. The molecule has 2 aromatic carbocycles. The molecule has 0 saturated carbocycles. The van der Waals surface area contributed by atoms with Crippen molar-refractivity contribution in [3.63, 3.8) is 0 Å². The maximum atomic E-state index is 12.3. The zero-order chi connectivity index (χ0) is 26.3. The number of fused-ring (bicyclic) bond motifs is 1. The van der Waals surface area contributed by atoms with Gasteiger partial charge in [0.25, 0.3) is 0 Å². The number of carbonyl (C=O) groups excluding carboxylic acids is 1. The molecule has 0 saturated heterocycles. The van der Waals surface area contributed by atoms with Gasteiger partial charge in [0.2, 0.25) is 0 Å². The SMILES string of the molecule is CC.CC.CC.Cc1ccc(CC(=O)OP(C)CC(C)(C)n2ccc3cc(N=O)ccc32)cc1. The summed E-state index contributed by atoms with van der Waals surface area (Å²) in [4.78, 5) is 23.1. The topological polar surface area (TPSA) is 60.7 Å². The quantitative estimate of drug-likeness (QED) is 0.247. The number of aryl methyl sites for hydroxylation is 1. The number of aromatic nitrogens is 1. The Morgan fingerprint density at radius 3 is 2.12 bits per heavy atom. The number of hydrogen-bond donors (Lipinski definition) is 0. The van der Waals surface area contributed by atoms with Crippen LogP contribution in [0.2, 0.25) is 0 Å². The predicted octanol–water partition coefficient (Wildman–Crippen LogP) is 8.97. The Morgan fingerprint density at radius 1 is 0.971 bits per heavy atom. The summed E-state index contributed by atoms with van der Waals surface area (Å²) in [7, 11) is -0.919. The van der Waals surface area contributed by atoms with Gasteiger partial charge in [0.05, 0.1) is 14.6 Å². The first-order chi connectivity index (χ1) is 16.3. The van der Waals surface area contributed by atoms with E-state index in [-0.39, 0.29) is 11.5 Å². The summed E-state index contributed by atoms with van der Waals surface area (Å²) in [5, 5.41) is 3.97. The summed E-state index contributed by atoms with van der Waals surface area (Å²) in [5.74, 6) is -0.188. The van der Waals surface area contributed by atoms with Gasteiger partial charge in [0.15, 0.2) is 0 Å². The number of hydrogen-bond acceptors (Lipinski definition) is 4. The van der Waals surface area contributed by atoms with Gasteiger partial charge in [-0.05, 0) is 62.4 Å². The van der Waals surface area contributed by atoms with Gasteiger partial charge in [0, 0.05) is 28.8 Å². The molecule has 0 aliphatic rings. The number of benzene rings is 2. The normalized spacial score (nSPS) is 11.0. The molecule has 0 fully saturated rings. The first-order valence-corrected chi connectivity index (χ1v) is 14.1. The minimum absolute atomic E-state index is 0.188. The Hall–Kier alpha value is -2.52. The van der Waals surface area contributed by atoms with Gasteiger partial charge in [-0.25, -0.2) is 0 Å². The summed E-state index contributed by atoms with van der Waals surface area (Å²) < 4.78 is 7.89. The van der Waals surface area contributed by atoms with Crippen LogP contribution < -0.4 is 0 Å². The van der Waals surface area contributed by atoms with Crippen molar-refractivity contribution in [3.8, 4) is 0 Å². The van der Waals surface area contributed by atoms with E-state index in [4.69, 9.17) is 4.52 Å². The van der Waals surface area contributed by atoms with Crippen molar-refractivity contribution in [1.29, 1.82) is 0 Å². The van der Waals surface area contributed by atoms with Crippen LogP contribution in [-0.4, -0.2) is 23.4 Å². The first-order valence-electron chi connectivity index (χ1n) is 12.2. The van der Waals surface area contributed by atoms with Crippen molar-refractivity contribution in [1.82, 2.24) is 4.57 Å². The smallest absolute Gasteiger partial charge is 0.312 e. The lowest BCUT2D eigenvalue weighted by Crippen LogP contribution is -2.29. The van der Waals surface area contributed by atoms with Crippen LogP contribution in [0, 0.1) is 11.8 Å². The number of nitrogens with zero attached hydrogens (tertiary/aromatic N) is 2. The Morgan fingerprint density at radius 2 is 1.56 bits per heavy atom. The second kappa shape index (κ2) is 16.2. The van der Waals surface area contributed by atoms with Crippen LogP contribution in [0.4, 0.5) is 5.69 Å². The highest BCUT2D eigenvalue weighted by atomic mass is 31.1. The predicted molar refractivity (Wildman–Crippen MR) is 149 cm³/mol. The van der Waals surface area contributed by atoms with Crippen LogP contribution >= 0.6 is 8.15 Å². The highest BCUT2D eigenvalue weighted by Crippen LogP contribution is 2.40. The van der Waals surface area contributed by atoms with Crippen LogP contribution in [-0.2, 0) is 21.3 Å². The largest absolute Gasteiger partial charge is 0.445 e. The van der Waals surface area contributed by atoms with Crippen molar-refractivity contribution in [2.75, 3.05) is 12.8 Å². The molecule has 1 heterocycles. The molecule has 3 aromatic rings. The molecule has 1 atom stereocenters. The lowest BCUT2D eigenvalue weighted by molar-refractivity contribution is -0.132. The maximum Gasteiger partial charge on any atom is 0.312 e. The van der Waals surface area contributed by atoms with Gasteiger partial charge in [-0.15, -0.1) is 4.91 Å². The van der Waals surface area contributed by atoms with Crippen molar-refractivity contribution in [2.45, 2.75) is 74.3 Å². The van der Waals surface area contributed by atoms with Gasteiger partial charge in [0.1, 0.15) is 5.69 Å². The number of carbonyl (C=O) groups is 1. The molecular formula is C28H43N2O3P. The van der Waals surface area contributed by atoms with E-state index in [0.717, 1.165) is 22.6 Å². The van der Waals surface area contributed by atoms with Gasteiger partial charge < -0.3 is 9.09 Å². The molecule has 0 bridgehead atoms. The minimum Gasteiger partial charge on any atom is -0.445 e. The third kappa shape index (κ3) is 9.38. The highest BCUT2D eigenvalue weighted by molar-refractivity contribution is 7.52. The Labute approximate surface area is 207 Å². The Kier molecular flexibility index (Phi) is 15.0. The van der Waals surface area contributed by atoms with Gasteiger partial charge in [-0.1, -0.05) is 71.4 Å². The Balaban J connectivity index is 0.00000168. The average Bonchev–Trinajstić information content (AvgIpc) is 3.28. The van der Waals surface area contributed by atoms with E-state index in [0.29, 0.717) is 12.1 Å². The molecule has 0 spiro atoms. The van der Waals surface area contributed by atoms with Crippen molar-refractivity contribution >= 4 is 30.7 Å². The third-order valence-electron chi connectivity index (χ3n) is 4.77. The van der Waals surface area contributed by atoms with Crippen molar-refractivity contribution in [2.24, 2.45) is 5.18 Å². The molecular weight excluding hydrogens is 443 g/mol. The zero-order valence-electron chi connectivity index (χ0n) is 22.7. The lowest BCUT2D eigenvalue weighted by atomic mass is 10.1. The van der Waals surface area contributed by atoms with E-state index < -0.39 is 8.15 Å². The first kappa shape index (κ1) is 31.5. The molecule has 0 aliphatic heterocycles. The molecule has 0 amide bonds. The molecule has 1 unspecified atom stereocenters. The molecule has 0 radical (unpaired) electrons. The summed E-state index contributed by atoms with van der Waals surface area (Å²) in [6.07, 6.45) is 3.04. The molecule has 0 N–H and O–H groups in total. The summed E-state index contributed by atoms with van der Waals surface area (Å²) in [6.45, 7) is 20.3. The third-order valence-corrected chi connectivity index (χ3v) is 6.50. The van der Waals surface area contributed by atoms with Gasteiger partial charge >= 0.3 is 5.97 Å². The summed E-state index contributed by atoms with van der Waals surface area (Å²) in [5.41, 5.74) is 3.36. The monoisotopic (exact) mass is 486 g/mol. The average molecular weight is 487 g/mol. The number of nitroso groups, excluding NO2 is 1. The van der Waals surface area contributed by atoms with E-state index in [1.807, 2.05) is 97.7 Å². The van der Waals surface area contributed by atoms with Gasteiger partial charge in [-0.3, -0.25) is 4.79 Å². The van der Waals surface area contributed by atoms with E-state index in [9.17, 15) is 9.70 Å².